The van der Waals surface area contributed by atoms with Crippen LogP contribution in [-0.4, -0.2) is 23.9 Å². The molecule has 1 fully saturated rings. The first-order chi connectivity index (χ1) is 13.0. The van der Waals surface area contributed by atoms with Gasteiger partial charge in [0.2, 0.25) is 11.8 Å². The number of nitrogens with zero attached hydrogens (tertiary/aromatic N) is 1. The van der Waals surface area contributed by atoms with Crippen LogP contribution in [0.4, 0.5) is 0 Å². The lowest BCUT2D eigenvalue weighted by molar-refractivity contribution is -0.137. The molecule has 1 saturated heterocycles. The topological polar surface area (TPSA) is 82.0 Å². The molecule has 138 valence electrons. The second kappa shape index (κ2) is 8.05. The van der Waals surface area contributed by atoms with Gasteiger partial charge in [0.1, 0.15) is 12.1 Å². The van der Waals surface area contributed by atoms with E-state index in [0.29, 0.717) is 12.0 Å². The third-order valence-electron chi connectivity index (χ3n) is 5.00. The van der Waals surface area contributed by atoms with Crippen LogP contribution in [0.1, 0.15) is 36.5 Å². The molecule has 3 unspecified atom stereocenters. The Morgan fingerprint density at radius 3 is 2.22 bits per heavy atom. The number of nitrogens with one attached hydrogen (secondary N) is 2. The smallest absolute Gasteiger partial charge is 0.243 e. The fraction of sp³-hybridized carbons (Fsp3) is 0.318. The second-order valence-electron chi connectivity index (χ2n) is 7.24. The van der Waals surface area contributed by atoms with E-state index in [1.807, 2.05) is 42.5 Å². The van der Waals surface area contributed by atoms with E-state index >= 15 is 0 Å². The summed E-state index contributed by atoms with van der Waals surface area (Å²) in [7, 11) is 0. The Hall–Kier alpha value is -3.13. The molecule has 0 aromatic heterocycles. The maximum atomic E-state index is 12.8. The Morgan fingerprint density at radius 1 is 0.963 bits per heavy atom. The Balaban J connectivity index is 1.75. The molecule has 2 amide bonds. The molecule has 27 heavy (non-hydrogen) atoms. The molecule has 2 aromatic carbocycles. The molecule has 1 aliphatic heterocycles. The largest absolute Gasteiger partial charge is 0.342 e. The van der Waals surface area contributed by atoms with Crippen LogP contribution in [0.15, 0.2) is 54.6 Å². The lowest BCUT2D eigenvalue weighted by Crippen LogP contribution is -2.64. The van der Waals surface area contributed by atoms with Crippen LogP contribution < -0.4 is 10.6 Å². The summed E-state index contributed by atoms with van der Waals surface area (Å²) in [6, 6.07) is 17.7. The minimum absolute atomic E-state index is 0.0917. The van der Waals surface area contributed by atoms with Crippen molar-refractivity contribution >= 4 is 11.8 Å². The predicted octanol–water partition coefficient (Wildman–Crippen LogP) is 2.52. The summed E-state index contributed by atoms with van der Waals surface area (Å²) in [5.41, 5.74) is 2.51. The fourth-order valence-electron chi connectivity index (χ4n) is 3.63. The van der Waals surface area contributed by atoms with Gasteiger partial charge in [0.05, 0.1) is 11.6 Å². The van der Waals surface area contributed by atoms with Crippen LogP contribution in [0.25, 0.3) is 0 Å². The monoisotopic (exact) mass is 361 g/mol. The Morgan fingerprint density at radius 2 is 1.63 bits per heavy atom. The second-order valence-corrected chi connectivity index (χ2v) is 7.24. The quantitative estimate of drug-likeness (QED) is 0.858. The fourth-order valence-corrected chi connectivity index (χ4v) is 3.63. The Labute approximate surface area is 159 Å². The van der Waals surface area contributed by atoms with Crippen molar-refractivity contribution in [2.45, 2.75) is 38.3 Å². The maximum absolute atomic E-state index is 12.8. The zero-order chi connectivity index (χ0) is 19.4. The van der Waals surface area contributed by atoms with E-state index in [-0.39, 0.29) is 23.7 Å². The van der Waals surface area contributed by atoms with Crippen molar-refractivity contribution in [2.24, 2.45) is 5.92 Å². The minimum Gasteiger partial charge on any atom is -0.342 e. The van der Waals surface area contributed by atoms with E-state index in [1.165, 1.54) is 0 Å². The average Bonchev–Trinajstić information content (AvgIpc) is 2.67. The number of carbonyl (C=O) groups is 2. The molecule has 0 spiro atoms. The van der Waals surface area contributed by atoms with Gasteiger partial charge in [-0.15, -0.1) is 0 Å². The molecule has 0 aliphatic carbocycles. The normalized spacial score (nSPS) is 20.5. The van der Waals surface area contributed by atoms with E-state index in [4.69, 9.17) is 5.26 Å². The minimum atomic E-state index is -0.606. The number of hydrogen-bond acceptors (Lipinski definition) is 3. The van der Waals surface area contributed by atoms with E-state index in [0.717, 1.165) is 11.1 Å². The number of nitriles is 1. The summed E-state index contributed by atoms with van der Waals surface area (Å²) in [4.78, 5) is 25.4. The third-order valence-corrected chi connectivity index (χ3v) is 5.00. The number of benzene rings is 2. The van der Waals surface area contributed by atoms with Crippen LogP contribution >= 0.6 is 0 Å². The summed E-state index contributed by atoms with van der Waals surface area (Å²) in [5.74, 6) is -0.231. The van der Waals surface area contributed by atoms with Crippen molar-refractivity contribution < 1.29 is 9.59 Å². The van der Waals surface area contributed by atoms with Gasteiger partial charge in [-0.1, -0.05) is 56.3 Å². The molecule has 0 bridgehead atoms. The standard InChI is InChI=1S/C22H23N3O2/c1-14(2)19(17-6-4-3-5-7-17)20-22(27)24-18(21(26)25-20)12-15-8-10-16(13-23)11-9-15/h3-11,14,18-20H,12H2,1-2H3,(H,24,27)(H,25,26). The van der Waals surface area contributed by atoms with Crippen LogP contribution in [0, 0.1) is 17.2 Å². The zero-order valence-electron chi connectivity index (χ0n) is 15.5. The van der Waals surface area contributed by atoms with Crippen LogP contribution in [0.2, 0.25) is 0 Å². The number of amides is 2. The van der Waals surface area contributed by atoms with E-state index in [2.05, 4.69) is 30.6 Å². The first-order valence-electron chi connectivity index (χ1n) is 9.14. The van der Waals surface area contributed by atoms with Crippen molar-refractivity contribution in [1.82, 2.24) is 10.6 Å². The molecule has 5 heteroatoms. The Bertz CT molecular complexity index is 853. The van der Waals surface area contributed by atoms with Gasteiger partial charge in [0, 0.05) is 12.3 Å². The highest BCUT2D eigenvalue weighted by molar-refractivity contribution is 5.97. The van der Waals surface area contributed by atoms with Gasteiger partial charge in [-0.2, -0.15) is 5.26 Å². The number of carbonyl (C=O) groups excluding carboxylic acids is 2. The molecule has 1 aliphatic rings. The number of piperazine rings is 1. The molecule has 0 saturated carbocycles. The summed E-state index contributed by atoms with van der Waals surface area (Å²) >= 11 is 0. The van der Waals surface area contributed by atoms with Crippen molar-refractivity contribution in [2.75, 3.05) is 0 Å². The number of hydrogen-bond donors (Lipinski definition) is 2. The highest BCUT2D eigenvalue weighted by atomic mass is 16.2. The number of rotatable bonds is 5. The summed E-state index contributed by atoms with van der Waals surface area (Å²) < 4.78 is 0. The lowest BCUT2D eigenvalue weighted by atomic mass is 9.81. The molecule has 3 atom stereocenters. The van der Waals surface area contributed by atoms with Gasteiger partial charge in [0.15, 0.2) is 0 Å². The lowest BCUT2D eigenvalue weighted by Gasteiger charge is -2.36. The zero-order valence-corrected chi connectivity index (χ0v) is 15.5. The van der Waals surface area contributed by atoms with Gasteiger partial charge in [-0.05, 0) is 29.2 Å². The van der Waals surface area contributed by atoms with Crippen LogP contribution in [-0.2, 0) is 16.0 Å². The van der Waals surface area contributed by atoms with Gasteiger partial charge in [0.25, 0.3) is 0 Å². The van der Waals surface area contributed by atoms with Gasteiger partial charge < -0.3 is 10.6 Å². The summed E-state index contributed by atoms with van der Waals surface area (Å²) in [6.07, 6.45) is 0.397. The average molecular weight is 361 g/mol. The third kappa shape index (κ3) is 4.17. The van der Waals surface area contributed by atoms with Crippen LogP contribution in [0.3, 0.4) is 0 Å². The van der Waals surface area contributed by atoms with E-state index in [1.54, 1.807) is 12.1 Å². The maximum Gasteiger partial charge on any atom is 0.243 e. The Kier molecular flexibility index (Phi) is 5.56. The first kappa shape index (κ1) is 18.7. The summed E-state index contributed by atoms with van der Waals surface area (Å²) in [6.45, 7) is 4.11. The SMILES string of the molecule is CC(C)C(c1ccccc1)C1NC(=O)C(Cc2ccc(C#N)cc2)NC1=O. The highest BCUT2D eigenvalue weighted by Crippen LogP contribution is 2.29. The van der Waals surface area contributed by atoms with Gasteiger partial charge in [-0.3, -0.25) is 9.59 Å². The molecular formula is C22H23N3O2. The first-order valence-corrected chi connectivity index (χ1v) is 9.14. The summed E-state index contributed by atoms with van der Waals surface area (Å²) in [5, 5.41) is 14.7. The van der Waals surface area contributed by atoms with Crippen LogP contribution in [0.5, 0.6) is 0 Å². The van der Waals surface area contributed by atoms with Gasteiger partial charge >= 0.3 is 0 Å². The van der Waals surface area contributed by atoms with Gasteiger partial charge in [-0.25, -0.2) is 0 Å². The molecule has 5 nitrogen and oxygen atoms in total. The molecule has 2 N–H and O–H groups in total. The molecule has 1 heterocycles. The van der Waals surface area contributed by atoms with E-state index in [9.17, 15) is 9.59 Å². The van der Waals surface area contributed by atoms with Crippen molar-refractivity contribution in [3.8, 4) is 6.07 Å². The molecule has 0 radical (unpaired) electrons. The molecule has 2 aromatic rings. The predicted molar refractivity (Wildman–Crippen MR) is 103 cm³/mol. The van der Waals surface area contributed by atoms with Crippen molar-refractivity contribution in [3.63, 3.8) is 0 Å². The molecular weight excluding hydrogens is 338 g/mol. The van der Waals surface area contributed by atoms with Crippen molar-refractivity contribution in [1.29, 1.82) is 5.26 Å². The van der Waals surface area contributed by atoms with Crippen molar-refractivity contribution in [3.05, 3.63) is 71.3 Å². The highest BCUT2D eigenvalue weighted by Gasteiger charge is 2.39. The molecule has 3 rings (SSSR count). The van der Waals surface area contributed by atoms with E-state index < -0.39 is 12.1 Å².